The number of hydrogen-bond acceptors (Lipinski definition) is 5. The van der Waals surface area contributed by atoms with Gasteiger partial charge in [-0.3, -0.25) is 9.52 Å². The average Bonchev–Trinajstić information content (AvgIpc) is 2.82. The summed E-state index contributed by atoms with van der Waals surface area (Å²) in [7, 11) is -3.59. The standard InChI is InChI=1S/C13H18FN3O4S.ClH/c1-22(20,21)17-11-3-2-9(14)4-10(11)13(19)16-6-8-5-15-7-12(8)18;/h2-4,8,12,15,17-18H,5-7H2,1H3,(H,16,19);1H. The second-order valence-corrected chi connectivity index (χ2v) is 7.01. The molecule has 10 heteroatoms. The molecule has 2 unspecified atom stereocenters. The number of amides is 1. The molecule has 1 aliphatic rings. The molecule has 0 aromatic heterocycles. The number of β-amino-alcohol motifs (C(OH)–C–C–N with tert-alkyl or cyclic N) is 1. The van der Waals surface area contributed by atoms with E-state index in [1.54, 1.807) is 0 Å². The summed E-state index contributed by atoms with van der Waals surface area (Å²) in [6.45, 7) is 1.24. The van der Waals surface area contributed by atoms with Gasteiger partial charge in [-0.1, -0.05) is 0 Å². The summed E-state index contributed by atoms with van der Waals surface area (Å²) >= 11 is 0. The van der Waals surface area contributed by atoms with E-state index >= 15 is 0 Å². The molecule has 0 saturated carbocycles. The molecule has 130 valence electrons. The van der Waals surface area contributed by atoms with Gasteiger partial charge < -0.3 is 15.7 Å². The quantitative estimate of drug-likeness (QED) is 0.582. The van der Waals surface area contributed by atoms with Crippen LogP contribution in [0.5, 0.6) is 0 Å². The van der Waals surface area contributed by atoms with Crippen molar-refractivity contribution in [1.29, 1.82) is 0 Å². The van der Waals surface area contributed by atoms with Gasteiger partial charge in [-0.05, 0) is 18.2 Å². The Morgan fingerprint density at radius 1 is 1.43 bits per heavy atom. The van der Waals surface area contributed by atoms with E-state index in [2.05, 4.69) is 15.4 Å². The molecule has 1 aromatic rings. The third-order valence-electron chi connectivity index (χ3n) is 3.35. The van der Waals surface area contributed by atoms with Crippen molar-refractivity contribution in [1.82, 2.24) is 10.6 Å². The molecule has 23 heavy (non-hydrogen) atoms. The van der Waals surface area contributed by atoms with Gasteiger partial charge in [-0.15, -0.1) is 12.4 Å². The number of anilines is 1. The fourth-order valence-electron chi connectivity index (χ4n) is 2.24. The molecule has 1 saturated heterocycles. The number of aliphatic hydroxyl groups is 1. The molecule has 0 radical (unpaired) electrons. The van der Waals surface area contributed by atoms with Crippen LogP contribution in [0.4, 0.5) is 10.1 Å². The Morgan fingerprint density at radius 2 is 2.13 bits per heavy atom. The lowest BCUT2D eigenvalue weighted by Gasteiger charge is -2.15. The van der Waals surface area contributed by atoms with Crippen molar-refractivity contribution in [3.8, 4) is 0 Å². The van der Waals surface area contributed by atoms with Crippen molar-refractivity contribution in [3.05, 3.63) is 29.6 Å². The molecule has 0 bridgehead atoms. The van der Waals surface area contributed by atoms with Crippen molar-refractivity contribution < 1.29 is 22.7 Å². The number of halogens is 2. The van der Waals surface area contributed by atoms with Crippen molar-refractivity contribution >= 4 is 34.0 Å². The van der Waals surface area contributed by atoms with Crippen molar-refractivity contribution in [3.63, 3.8) is 0 Å². The van der Waals surface area contributed by atoms with Gasteiger partial charge in [-0.2, -0.15) is 0 Å². The molecular weight excluding hydrogens is 349 g/mol. The Morgan fingerprint density at radius 3 is 2.70 bits per heavy atom. The fourth-order valence-corrected chi connectivity index (χ4v) is 2.82. The van der Waals surface area contributed by atoms with Crippen LogP contribution in [0.15, 0.2) is 18.2 Å². The minimum Gasteiger partial charge on any atom is -0.391 e. The van der Waals surface area contributed by atoms with Crippen LogP contribution in [-0.2, 0) is 10.0 Å². The van der Waals surface area contributed by atoms with Crippen LogP contribution in [0.25, 0.3) is 0 Å². The summed E-state index contributed by atoms with van der Waals surface area (Å²) in [6, 6.07) is 3.22. The van der Waals surface area contributed by atoms with E-state index in [0.29, 0.717) is 13.1 Å². The van der Waals surface area contributed by atoms with E-state index < -0.39 is 27.9 Å². The number of carbonyl (C=O) groups is 1. The second-order valence-electron chi connectivity index (χ2n) is 5.26. The van der Waals surface area contributed by atoms with Crippen molar-refractivity contribution in [2.75, 3.05) is 30.6 Å². The lowest BCUT2D eigenvalue weighted by Crippen LogP contribution is -2.34. The third kappa shape index (κ3) is 5.61. The van der Waals surface area contributed by atoms with Gasteiger partial charge in [0.15, 0.2) is 0 Å². The van der Waals surface area contributed by atoms with Gasteiger partial charge in [-0.25, -0.2) is 12.8 Å². The van der Waals surface area contributed by atoms with E-state index in [-0.39, 0.29) is 36.1 Å². The van der Waals surface area contributed by atoms with Gasteiger partial charge in [0.1, 0.15) is 5.82 Å². The van der Waals surface area contributed by atoms with Crippen LogP contribution in [-0.4, -0.2) is 51.4 Å². The molecule has 0 spiro atoms. The van der Waals surface area contributed by atoms with Crippen LogP contribution < -0.4 is 15.4 Å². The summed E-state index contributed by atoms with van der Waals surface area (Å²) in [6.07, 6.45) is 0.389. The zero-order chi connectivity index (χ0) is 16.3. The molecule has 2 atom stereocenters. The Bertz CT molecular complexity index is 671. The van der Waals surface area contributed by atoms with E-state index in [4.69, 9.17) is 0 Å². The number of benzene rings is 1. The van der Waals surface area contributed by atoms with E-state index in [9.17, 15) is 22.7 Å². The molecule has 1 aliphatic heterocycles. The first-order chi connectivity index (χ1) is 10.3. The Hall–Kier alpha value is -1.42. The Balaban J connectivity index is 0.00000264. The van der Waals surface area contributed by atoms with Crippen LogP contribution in [0.2, 0.25) is 0 Å². The number of sulfonamides is 1. The molecule has 1 heterocycles. The van der Waals surface area contributed by atoms with Gasteiger partial charge in [0.25, 0.3) is 5.91 Å². The van der Waals surface area contributed by atoms with Gasteiger partial charge >= 0.3 is 0 Å². The average molecular weight is 368 g/mol. The molecule has 2 rings (SSSR count). The van der Waals surface area contributed by atoms with Crippen molar-refractivity contribution in [2.45, 2.75) is 6.10 Å². The molecular formula is C13H19ClFN3O4S. The highest BCUT2D eigenvalue weighted by atomic mass is 35.5. The maximum atomic E-state index is 13.3. The zero-order valence-electron chi connectivity index (χ0n) is 12.4. The highest BCUT2D eigenvalue weighted by Crippen LogP contribution is 2.18. The molecule has 4 N–H and O–H groups in total. The van der Waals surface area contributed by atoms with E-state index in [0.717, 1.165) is 18.4 Å². The summed E-state index contributed by atoms with van der Waals surface area (Å²) in [4.78, 5) is 12.2. The van der Waals surface area contributed by atoms with Gasteiger partial charge in [0, 0.05) is 25.6 Å². The number of rotatable bonds is 5. The molecule has 1 fully saturated rings. The highest BCUT2D eigenvalue weighted by Gasteiger charge is 2.25. The normalized spacial score (nSPS) is 20.7. The zero-order valence-corrected chi connectivity index (χ0v) is 14.0. The summed E-state index contributed by atoms with van der Waals surface area (Å²) < 4.78 is 38.1. The van der Waals surface area contributed by atoms with E-state index in [1.165, 1.54) is 6.07 Å². The Kier molecular flexibility index (Phi) is 6.75. The molecule has 0 aliphatic carbocycles. The fraction of sp³-hybridized carbons (Fsp3) is 0.462. The number of hydrogen-bond donors (Lipinski definition) is 4. The molecule has 1 aromatic carbocycles. The first kappa shape index (κ1) is 19.6. The predicted octanol–water partition coefficient (Wildman–Crippen LogP) is -0.0709. The first-order valence-corrected chi connectivity index (χ1v) is 8.60. The smallest absolute Gasteiger partial charge is 0.253 e. The minimum atomic E-state index is -3.59. The van der Waals surface area contributed by atoms with Crippen LogP contribution in [0.3, 0.4) is 0 Å². The largest absolute Gasteiger partial charge is 0.391 e. The first-order valence-electron chi connectivity index (χ1n) is 6.70. The van der Waals surface area contributed by atoms with Gasteiger partial charge in [0.2, 0.25) is 10.0 Å². The lowest BCUT2D eigenvalue weighted by molar-refractivity contribution is 0.0927. The minimum absolute atomic E-state index is 0. The SMILES string of the molecule is CS(=O)(=O)Nc1ccc(F)cc1C(=O)NCC1CNCC1O.Cl. The monoisotopic (exact) mass is 367 g/mol. The second kappa shape index (κ2) is 7.91. The summed E-state index contributed by atoms with van der Waals surface area (Å²) in [5.41, 5.74) is -0.0997. The predicted molar refractivity (Wildman–Crippen MR) is 86.8 cm³/mol. The van der Waals surface area contributed by atoms with Gasteiger partial charge in [0.05, 0.1) is 23.6 Å². The third-order valence-corrected chi connectivity index (χ3v) is 3.94. The lowest BCUT2D eigenvalue weighted by atomic mass is 10.1. The summed E-state index contributed by atoms with van der Waals surface area (Å²) in [5.74, 6) is -1.39. The summed E-state index contributed by atoms with van der Waals surface area (Å²) in [5, 5.41) is 15.2. The van der Waals surface area contributed by atoms with Crippen LogP contribution in [0.1, 0.15) is 10.4 Å². The van der Waals surface area contributed by atoms with E-state index in [1.807, 2.05) is 0 Å². The molecule has 1 amide bonds. The molecule has 7 nitrogen and oxygen atoms in total. The number of nitrogens with one attached hydrogen (secondary N) is 3. The van der Waals surface area contributed by atoms with Crippen molar-refractivity contribution in [2.24, 2.45) is 5.92 Å². The Labute approximate surface area is 140 Å². The number of carbonyl (C=O) groups excluding carboxylic acids is 1. The number of aliphatic hydroxyl groups excluding tert-OH is 1. The topological polar surface area (TPSA) is 108 Å². The maximum absolute atomic E-state index is 13.3. The van der Waals surface area contributed by atoms with Crippen LogP contribution >= 0.6 is 12.4 Å². The maximum Gasteiger partial charge on any atom is 0.253 e. The highest BCUT2D eigenvalue weighted by molar-refractivity contribution is 7.92. The van der Waals surface area contributed by atoms with Crippen LogP contribution in [0, 0.1) is 11.7 Å².